The zero-order valence-corrected chi connectivity index (χ0v) is 12.7. The molecule has 106 valence electrons. The van der Waals surface area contributed by atoms with Crippen LogP contribution in [0, 0.1) is 17.3 Å². The number of ether oxygens (including phenoxy) is 1. The van der Waals surface area contributed by atoms with Gasteiger partial charge in [0, 0.05) is 13.1 Å². The number of hydrogen-bond acceptors (Lipinski definition) is 2. The largest absolute Gasteiger partial charge is 0.372 e. The first-order chi connectivity index (χ1) is 8.50. The molecule has 0 aromatic rings. The van der Waals surface area contributed by atoms with Gasteiger partial charge in [0.05, 0.1) is 12.2 Å². The highest BCUT2D eigenvalue weighted by Gasteiger charge is 2.34. The van der Waals surface area contributed by atoms with Crippen LogP contribution in [0.5, 0.6) is 0 Å². The Bertz CT molecular complexity index is 250. The first kappa shape index (κ1) is 14.3. The van der Waals surface area contributed by atoms with Gasteiger partial charge in [-0.05, 0) is 49.4 Å². The second-order valence-corrected chi connectivity index (χ2v) is 7.34. The molecule has 2 heteroatoms. The van der Waals surface area contributed by atoms with Crippen LogP contribution in [0.1, 0.15) is 59.8 Å². The van der Waals surface area contributed by atoms with Gasteiger partial charge in [-0.25, -0.2) is 0 Å². The van der Waals surface area contributed by atoms with Crippen LogP contribution in [-0.2, 0) is 4.74 Å². The molecule has 0 spiro atoms. The van der Waals surface area contributed by atoms with Gasteiger partial charge in [0.1, 0.15) is 0 Å². The summed E-state index contributed by atoms with van der Waals surface area (Å²) in [6.07, 6.45) is 7.58. The van der Waals surface area contributed by atoms with Gasteiger partial charge >= 0.3 is 0 Å². The van der Waals surface area contributed by atoms with E-state index in [1.54, 1.807) is 0 Å². The average Bonchev–Trinajstić information content (AvgIpc) is 2.38. The van der Waals surface area contributed by atoms with Crippen LogP contribution in [0.3, 0.4) is 0 Å². The molecular formula is C16H31NO. The maximum absolute atomic E-state index is 6.23. The number of hydrogen-bond donors (Lipinski definition) is 1. The zero-order valence-electron chi connectivity index (χ0n) is 12.7. The second kappa shape index (κ2) is 5.92. The van der Waals surface area contributed by atoms with Gasteiger partial charge in [0.15, 0.2) is 0 Å². The van der Waals surface area contributed by atoms with E-state index in [9.17, 15) is 0 Å². The molecule has 1 saturated heterocycles. The number of morpholine rings is 1. The predicted molar refractivity (Wildman–Crippen MR) is 76.7 cm³/mol. The Morgan fingerprint density at radius 1 is 1.06 bits per heavy atom. The van der Waals surface area contributed by atoms with Crippen molar-refractivity contribution in [2.24, 2.45) is 17.3 Å². The van der Waals surface area contributed by atoms with E-state index in [-0.39, 0.29) is 0 Å². The van der Waals surface area contributed by atoms with Gasteiger partial charge in [-0.15, -0.1) is 0 Å². The normalized spacial score (nSPS) is 38.7. The van der Waals surface area contributed by atoms with E-state index in [4.69, 9.17) is 4.74 Å². The van der Waals surface area contributed by atoms with E-state index in [1.807, 2.05) is 0 Å². The molecule has 1 aliphatic heterocycles. The maximum atomic E-state index is 6.23. The highest BCUT2D eigenvalue weighted by atomic mass is 16.5. The monoisotopic (exact) mass is 253 g/mol. The fourth-order valence-electron chi connectivity index (χ4n) is 3.61. The fraction of sp³-hybridized carbons (Fsp3) is 1.00. The summed E-state index contributed by atoms with van der Waals surface area (Å²) in [6.45, 7) is 11.5. The van der Waals surface area contributed by atoms with Crippen molar-refractivity contribution in [2.75, 3.05) is 13.1 Å². The Balaban J connectivity index is 1.82. The SMILES string of the molecule is CCC1CNCC(C2CCC(C(C)(C)C)CC2)O1. The summed E-state index contributed by atoms with van der Waals surface area (Å²) >= 11 is 0. The Morgan fingerprint density at radius 2 is 1.72 bits per heavy atom. The minimum Gasteiger partial charge on any atom is -0.372 e. The highest BCUT2D eigenvalue weighted by Crippen LogP contribution is 2.41. The molecule has 1 heterocycles. The van der Waals surface area contributed by atoms with Crippen LogP contribution >= 0.6 is 0 Å². The number of rotatable bonds is 2. The molecule has 18 heavy (non-hydrogen) atoms. The van der Waals surface area contributed by atoms with Crippen molar-refractivity contribution in [3.8, 4) is 0 Å². The quantitative estimate of drug-likeness (QED) is 0.812. The molecule has 0 bridgehead atoms. The lowest BCUT2D eigenvalue weighted by atomic mass is 9.69. The van der Waals surface area contributed by atoms with Crippen molar-refractivity contribution in [3.63, 3.8) is 0 Å². The molecular weight excluding hydrogens is 222 g/mol. The summed E-state index contributed by atoms with van der Waals surface area (Å²) in [5.74, 6) is 1.71. The minimum absolute atomic E-state index is 0.448. The van der Waals surface area contributed by atoms with E-state index in [2.05, 4.69) is 33.0 Å². The Hall–Kier alpha value is -0.0800. The lowest BCUT2D eigenvalue weighted by molar-refractivity contribution is -0.0782. The predicted octanol–water partition coefficient (Wildman–Crippen LogP) is 3.61. The van der Waals surface area contributed by atoms with E-state index < -0.39 is 0 Å². The molecule has 0 amide bonds. The molecule has 1 saturated carbocycles. The molecule has 0 aromatic carbocycles. The standard InChI is InChI=1S/C16H31NO/c1-5-14-10-17-11-15(18-14)12-6-8-13(9-7-12)16(2,3)4/h12-15,17H,5-11H2,1-4H3. The van der Waals surface area contributed by atoms with Gasteiger partial charge in [-0.3, -0.25) is 0 Å². The van der Waals surface area contributed by atoms with Crippen molar-refractivity contribution >= 4 is 0 Å². The van der Waals surface area contributed by atoms with Crippen molar-refractivity contribution in [1.29, 1.82) is 0 Å². The fourth-order valence-corrected chi connectivity index (χ4v) is 3.61. The van der Waals surface area contributed by atoms with E-state index in [0.29, 0.717) is 17.6 Å². The van der Waals surface area contributed by atoms with Crippen molar-refractivity contribution in [1.82, 2.24) is 5.32 Å². The van der Waals surface area contributed by atoms with E-state index >= 15 is 0 Å². The van der Waals surface area contributed by atoms with Gasteiger partial charge < -0.3 is 10.1 Å². The second-order valence-electron chi connectivity index (χ2n) is 7.34. The molecule has 2 fully saturated rings. The molecule has 2 unspecified atom stereocenters. The van der Waals surface area contributed by atoms with E-state index in [0.717, 1.165) is 31.3 Å². The summed E-state index contributed by atoms with van der Waals surface area (Å²) in [7, 11) is 0. The lowest BCUT2D eigenvalue weighted by Gasteiger charge is -2.41. The summed E-state index contributed by atoms with van der Waals surface area (Å²) in [5.41, 5.74) is 0.489. The summed E-state index contributed by atoms with van der Waals surface area (Å²) in [5, 5.41) is 3.55. The van der Waals surface area contributed by atoms with Gasteiger partial charge in [-0.1, -0.05) is 27.7 Å². The summed E-state index contributed by atoms with van der Waals surface area (Å²) in [6, 6.07) is 0. The minimum atomic E-state index is 0.448. The van der Waals surface area contributed by atoms with Crippen LogP contribution in [0.15, 0.2) is 0 Å². The Morgan fingerprint density at radius 3 is 2.28 bits per heavy atom. The molecule has 1 N–H and O–H groups in total. The van der Waals surface area contributed by atoms with Crippen LogP contribution in [-0.4, -0.2) is 25.3 Å². The summed E-state index contributed by atoms with van der Waals surface area (Å²) < 4.78 is 6.23. The molecule has 2 nitrogen and oxygen atoms in total. The van der Waals surface area contributed by atoms with Crippen molar-refractivity contribution in [3.05, 3.63) is 0 Å². The number of nitrogens with one attached hydrogen (secondary N) is 1. The average molecular weight is 253 g/mol. The van der Waals surface area contributed by atoms with Crippen molar-refractivity contribution in [2.45, 2.75) is 72.0 Å². The smallest absolute Gasteiger partial charge is 0.0731 e. The summed E-state index contributed by atoms with van der Waals surface area (Å²) in [4.78, 5) is 0. The van der Waals surface area contributed by atoms with Gasteiger partial charge in [0.25, 0.3) is 0 Å². The molecule has 1 aliphatic carbocycles. The Labute approximate surface area is 113 Å². The Kier molecular flexibility index (Phi) is 4.71. The van der Waals surface area contributed by atoms with Crippen LogP contribution < -0.4 is 5.32 Å². The molecule has 0 aromatic heterocycles. The highest BCUT2D eigenvalue weighted by molar-refractivity contribution is 4.86. The third-order valence-corrected chi connectivity index (χ3v) is 5.06. The third kappa shape index (κ3) is 3.48. The van der Waals surface area contributed by atoms with Crippen LogP contribution in [0.25, 0.3) is 0 Å². The van der Waals surface area contributed by atoms with E-state index in [1.165, 1.54) is 25.7 Å². The zero-order chi connectivity index (χ0) is 13.2. The maximum Gasteiger partial charge on any atom is 0.0731 e. The first-order valence-corrected chi connectivity index (χ1v) is 7.87. The van der Waals surface area contributed by atoms with Crippen LogP contribution in [0.4, 0.5) is 0 Å². The molecule has 2 rings (SSSR count). The van der Waals surface area contributed by atoms with Crippen LogP contribution in [0.2, 0.25) is 0 Å². The molecule has 2 aliphatic rings. The third-order valence-electron chi connectivity index (χ3n) is 5.06. The lowest BCUT2D eigenvalue weighted by Crippen LogP contribution is -2.48. The topological polar surface area (TPSA) is 21.3 Å². The first-order valence-electron chi connectivity index (χ1n) is 7.87. The van der Waals surface area contributed by atoms with Gasteiger partial charge in [0.2, 0.25) is 0 Å². The molecule has 0 radical (unpaired) electrons. The molecule has 2 atom stereocenters. The van der Waals surface area contributed by atoms with Crippen molar-refractivity contribution < 1.29 is 4.74 Å². The van der Waals surface area contributed by atoms with Gasteiger partial charge in [-0.2, -0.15) is 0 Å².